The molecule has 0 spiro atoms. The molecule has 9 nitrogen and oxygen atoms in total. The molecule has 0 radical (unpaired) electrons. The molecule has 2 aromatic rings. The van der Waals surface area contributed by atoms with Crippen molar-refractivity contribution >= 4 is 92.6 Å². The zero-order valence-electron chi connectivity index (χ0n) is 21.0. The third-order valence-electron chi connectivity index (χ3n) is 8.74. The van der Waals surface area contributed by atoms with Crippen LogP contribution in [0.2, 0.25) is 5.02 Å². The number of fused-ring (bicyclic) bond motifs is 4. The Balaban J connectivity index is 1.51. The number of imide groups is 2. The highest BCUT2D eigenvalue weighted by atomic mass is 79.9. The van der Waals surface area contributed by atoms with Crippen molar-refractivity contribution in [1.29, 1.82) is 0 Å². The van der Waals surface area contributed by atoms with Gasteiger partial charge in [0.1, 0.15) is 5.75 Å². The largest absolute Gasteiger partial charge is 0.508 e. The Morgan fingerprint density at radius 2 is 1.73 bits per heavy atom. The fraction of sp³-hybridized carbons (Fsp3) is 0.333. The van der Waals surface area contributed by atoms with Crippen LogP contribution in [0.5, 0.6) is 5.75 Å². The minimum absolute atomic E-state index is 0.0880. The van der Waals surface area contributed by atoms with Crippen LogP contribution in [0.15, 0.2) is 54.1 Å². The summed E-state index contributed by atoms with van der Waals surface area (Å²) in [6, 6.07) is 10.0. The number of phenolic OH excluding ortho intramolecular Hbond substituents is 1. The van der Waals surface area contributed by atoms with Crippen LogP contribution in [0, 0.1) is 17.8 Å². The number of likely N-dealkylation sites (tertiary alicyclic amines) is 1. The van der Waals surface area contributed by atoms with Crippen LogP contribution >= 0.6 is 50.7 Å². The normalized spacial score (nSPS) is 32.6. The second-order valence-corrected chi connectivity index (χ2v) is 12.8. The first-order chi connectivity index (χ1) is 19.4. The lowest BCUT2D eigenvalue weighted by atomic mass is 9.56. The second-order valence-electron chi connectivity index (χ2n) is 10.7. The molecule has 3 fully saturated rings. The van der Waals surface area contributed by atoms with Crippen molar-refractivity contribution in [3.05, 3.63) is 64.7 Å². The van der Waals surface area contributed by atoms with E-state index >= 15 is 0 Å². The topological polar surface area (TPSA) is 135 Å². The lowest BCUT2D eigenvalue weighted by molar-refractivity contribution is -0.138. The molecule has 2 aliphatic heterocycles. The SMILES string of the molecule is O=C1C2CC=C3C(CC4(Cl)C(=O)N(CBr)C(=O)C4(Cl)C3c3ccc(O)cc3Cl)C2C(=O)N1c1cccc(B(O)O)c1. The smallest absolute Gasteiger partial charge is 0.488 e. The Labute approximate surface area is 257 Å². The van der Waals surface area contributed by atoms with Gasteiger partial charge in [-0.2, -0.15) is 0 Å². The molecule has 6 rings (SSSR count). The molecule has 41 heavy (non-hydrogen) atoms. The minimum atomic E-state index is -2.01. The fourth-order valence-electron chi connectivity index (χ4n) is 6.93. The van der Waals surface area contributed by atoms with Gasteiger partial charge in [-0.3, -0.25) is 29.0 Å². The van der Waals surface area contributed by atoms with E-state index in [1.165, 1.54) is 42.5 Å². The molecule has 3 N–H and O–H groups in total. The van der Waals surface area contributed by atoms with E-state index in [1.54, 1.807) is 6.08 Å². The number of halogens is 4. The number of nitrogens with zero attached hydrogens (tertiary/aromatic N) is 2. The Morgan fingerprint density at radius 1 is 1.00 bits per heavy atom. The number of hydrogen-bond donors (Lipinski definition) is 3. The number of hydrogen-bond acceptors (Lipinski definition) is 7. The fourth-order valence-corrected chi connectivity index (χ4v) is 8.63. The van der Waals surface area contributed by atoms with Crippen molar-refractivity contribution in [3.8, 4) is 5.75 Å². The number of alkyl halides is 3. The summed E-state index contributed by atoms with van der Waals surface area (Å²) in [6.45, 7) is 0. The van der Waals surface area contributed by atoms with Crippen molar-refractivity contribution in [1.82, 2.24) is 4.90 Å². The molecule has 6 atom stereocenters. The zero-order valence-corrected chi connectivity index (χ0v) is 24.9. The first kappa shape index (κ1) is 28.7. The number of amides is 4. The summed E-state index contributed by atoms with van der Waals surface area (Å²) in [7, 11) is -1.80. The van der Waals surface area contributed by atoms with E-state index in [0.717, 1.165) is 9.80 Å². The average molecular weight is 683 g/mol. The number of allylic oxidation sites excluding steroid dienone is 2. The standard InChI is InChI=1S/C27H21BBrCl3N2O7/c29-11-33-24(38)26(31)10-18-15(21(27(26,32)25(33)39)16-5-4-14(35)9-19(16)30)6-7-17-20(18)23(37)34(22(17)36)13-3-1-2-12(8-13)28(40)41/h1-6,8-9,17-18,20-21,35,40-41H,7,10-11H2. The molecule has 212 valence electrons. The van der Waals surface area contributed by atoms with E-state index in [2.05, 4.69) is 15.9 Å². The molecule has 2 heterocycles. The van der Waals surface area contributed by atoms with Gasteiger partial charge in [0, 0.05) is 10.9 Å². The number of rotatable bonds is 4. The molecule has 14 heteroatoms. The monoisotopic (exact) mass is 680 g/mol. The third-order valence-corrected chi connectivity index (χ3v) is 11.0. The van der Waals surface area contributed by atoms with E-state index < -0.39 is 64.2 Å². The van der Waals surface area contributed by atoms with E-state index in [4.69, 9.17) is 34.8 Å². The van der Waals surface area contributed by atoms with E-state index in [-0.39, 0.29) is 40.2 Å². The number of carbonyl (C=O) groups is 4. The predicted octanol–water partition coefficient (Wildman–Crippen LogP) is 2.64. The van der Waals surface area contributed by atoms with Crippen molar-refractivity contribution in [3.63, 3.8) is 0 Å². The molecule has 0 bridgehead atoms. The summed E-state index contributed by atoms with van der Waals surface area (Å²) in [4.78, 5) is 53.1. The zero-order chi connectivity index (χ0) is 29.6. The number of carbonyl (C=O) groups excluding carboxylic acids is 4. The van der Waals surface area contributed by atoms with Crippen LogP contribution in [0.4, 0.5) is 5.69 Å². The maximum Gasteiger partial charge on any atom is 0.488 e. The van der Waals surface area contributed by atoms with E-state index in [0.29, 0.717) is 11.1 Å². The summed E-state index contributed by atoms with van der Waals surface area (Å²) < 4.78 is 0. The van der Waals surface area contributed by atoms with Crippen LogP contribution < -0.4 is 10.4 Å². The molecule has 6 unspecified atom stereocenters. The molecule has 0 aromatic heterocycles. The van der Waals surface area contributed by atoms with Crippen LogP contribution in [-0.2, 0) is 19.2 Å². The van der Waals surface area contributed by atoms with Crippen molar-refractivity contribution in [2.45, 2.75) is 28.5 Å². The molecule has 1 saturated carbocycles. The Kier molecular flexibility index (Phi) is 6.88. The van der Waals surface area contributed by atoms with Gasteiger partial charge < -0.3 is 15.2 Å². The number of anilines is 1. The van der Waals surface area contributed by atoms with Gasteiger partial charge in [0.25, 0.3) is 11.8 Å². The summed E-state index contributed by atoms with van der Waals surface area (Å²) >= 11 is 24.1. The van der Waals surface area contributed by atoms with Gasteiger partial charge in [-0.25, -0.2) is 0 Å². The molecule has 4 aliphatic rings. The van der Waals surface area contributed by atoms with Crippen molar-refractivity contribution in [2.24, 2.45) is 17.8 Å². The highest BCUT2D eigenvalue weighted by molar-refractivity contribution is 9.09. The Hall–Kier alpha value is -2.41. The highest BCUT2D eigenvalue weighted by Gasteiger charge is 2.76. The first-order valence-electron chi connectivity index (χ1n) is 12.7. The van der Waals surface area contributed by atoms with E-state index in [9.17, 15) is 34.3 Å². The maximum absolute atomic E-state index is 14.0. The van der Waals surface area contributed by atoms with Crippen LogP contribution in [0.1, 0.15) is 24.3 Å². The van der Waals surface area contributed by atoms with Crippen molar-refractivity contribution < 1.29 is 34.3 Å². The summed E-state index contributed by atoms with van der Waals surface area (Å²) in [5.74, 6) is -6.10. The first-order valence-corrected chi connectivity index (χ1v) is 14.9. The maximum atomic E-state index is 14.0. The van der Waals surface area contributed by atoms with Gasteiger partial charge in [-0.1, -0.05) is 57.4 Å². The molecule has 2 saturated heterocycles. The quantitative estimate of drug-likeness (QED) is 0.149. The molecule has 2 aliphatic carbocycles. The van der Waals surface area contributed by atoms with E-state index in [1.807, 2.05) is 0 Å². The lowest BCUT2D eigenvalue weighted by Crippen LogP contribution is -2.60. The van der Waals surface area contributed by atoms with Gasteiger partial charge in [-0.15, -0.1) is 23.2 Å². The van der Waals surface area contributed by atoms with Gasteiger partial charge in [0.05, 0.1) is 23.0 Å². The van der Waals surface area contributed by atoms with Crippen LogP contribution in [0.25, 0.3) is 0 Å². The number of phenols is 1. The molecular weight excluding hydrogens is 661 g/mol. The minimum Gasteiger partial charge on any atom is -0.508 e. The number of aromatic hydroxyl groups is 1. The van der Waals surface area contributed by atoms with Gasteiger partial charge in [0.15, 0.2) is 9.75 Å². The summed E-state index contributed by atoms with van der Waals surface area (Å²) in [6.07, 6.45) is 1.74. The summed E-state index contributed by atoms with van der Waals surface area (Å²) in [5.41, 5.74) is 1.03. The van der Waals surface area contributed by atoms with Gasteiger partial charge in [0.2, 0.25) is 11.8 Å². The lowest BCUT2D eigenvalue weighted by Gasteiger charge is -2.51. The Bertz CT molecular complexity index is 1570. The molecule has 2 aromatic carbocycles. The average Bonchev–Trinajstić information content (AvgIpc) is 3.27. The molecule has 4 amide bonds. The van der Waals surface area contributed by atoms with Gasteiger partial charge in [-0.05, 0) is 54.1 Å². The highest BCUT2D eigenvalue weighted by Crippen LogP contribution is 2.66. The Morgan fingerprint density at radius 3 is 2.39 bits per heavy atom. The van der Waals surface area contributed by atoms with Crippen LogP contribution in [0.3, 0.4) is 0 Å². The second kappa shape index (κ2) is 9.82. The molecular formula is C27H21BBrCl3N2O7. The predicted molar refractivity (Wildman–Crippen MR) is 155 cm³/mol. The third kappa shape index (κ3) is 3.82. The van der Waals surface area contributed by atoms with Crippen molar-refractivity contribution in [2.75, 3.05) is 10.4 Å². The summed E-state index contributed by atoms with van der Waals surface area (Å²) in [5, 5.41) is 29.4. The number of benzene rings is 2. The van der Waals surface area contributed by atoms with Gasteiger partial charge >= 0.3 is 7.12 Å². The van der Waals surface area contributed by atoms with Crippen LogP contribution in [-0.4, -0.2) is 66.0 Å².